The highest BCUT2D eigenvalue weighted by molar-refractivity contribution is 7.99. The zero-order valence-corrected chi connectivity index (χ0v) is 16.4. The largest absolute Gasteiger partial charge is 0.346 e. The van der Waals surface area contributed by atoms with Crippen molar-refractivity contribution in [2.75, 3.05) is 0 Å². The Labute approximate surface area is 175 Å². The molecule has 146 valence electrons. The van der Waals surface area contributed by atoms with Crippen molar-refractivity contribution >= 4 is 29.1 Å². The number of aliphatic imine (C=N–C) groups is 1. The number of hydrogen-bond donors (Lipinski definition) is 2. The number of rotatable bonds is 4. The number of nitrogens with zero attached hydrogens (tertiary/aromatic N) is 5. The lowest BCUT2D eigenvalue weighted by Gasteiger charge is -2.08. The minimum Gasteiger partial charge on any atom is -0.346 e. The molecule has 2 N–H and O–H groups in total. The fraction of sp³-hybridized carbons (Fsp3) is 0.0476. The first kappa shape index (κ1) is 18.2. The van der Waals surface area contributed by atoms with Gasteiger partial charge in [-0.25, -0.2) is 4.99 Å². The molecule has 3 aromatic heterocycles. The van der Waals surface area contributed by atoms with E-state index in [0.29, 0.717) is 39.9 Å². The molecule has 0 aliphatic carbocycles. The van der Waals surface area contributed by atoms with Crippen LogP contribution in [0.25, 0.3) is 0 Å². The summed E-state index contributed by atoms with van der Waals surface area (Å²) in [7, 11) is 0. The molecular formula is C21H15N7OS. The van der Waals surface area contributed by atoms with Crippen molar-refractivity contribution in [1.82, 2.24) is 30.7 Å². The smallest absolute Gasteiger partial charge is 0.251 e. The van der Waals surface area contributed by atoms with Crippen LogP contribution in [-0.4, -0.2) is 37.0 Å². The Kier molecular flexibility index (Phi) is 4.78. The highest BCUT2D eigenvalue weighted by atomic mass is 32.2. The molecule has 5 rings (SSSR count). The van der Waals surface area contributed by atoms with Crippen LogP contribution in [0.1, 0.15) is 27.4 Å². The lowest BCUT2D eigenvalue weighted by molar-refractivity contribution is 0.0950. The van der Waals surface area contributed by atoms with Crippen molar-refractivity contribution in [3.05, 3.63) is 89.6 Å². The van der Waals surface area contributed by atoms with E-state index in [0.717, 1.165) is 10.6 Å². The molecule has 30 heavy (non-hydrogen) atoms. The molecule has 8 nitrogen and oxygen atoms in total. The normalized spacial score (nSPS) is 12.3. The van der Waals surface area contributed by atoms with Crippen LogP contribution in [0, 0.1) is 0 Å². The minimum absolute atomic E-state index is 0.191. The minimum atomic E-state index is -0.191. The van der Waals surface area contributed by atoms with Crippen LogP contribution in [0.4, 0.5) is 5.69 Å². The van der Waals surface area contributed by atoms with E-state index in [1.54, 1.807) is 24.5 Å². The first-order valence-electron chi connectivity index (χ1n) is 9.19. The van der Waals surface area contributed by atoms with E-state index in [1.165, 1.54) is 11.8 Å². The number of fused-ring (bicyclic) bond motifs is 2. The van der Waals surface area contributed by atoms with Crippen LogP contribution < -0.4 is 5.32 Å². The Balaban J connectivity index is 1.49. The zero-order valence-electron chi connectivity index (χ0n) is 15.6. The molecule has 0 atom stereocenters. The molecule has 0 saturated heterocycles. The molecule has 0 bridgehead atoms. The van der Waals surface area contributed by atoms with Gasteiger partial charge in [0.05, 0.1) is 23.6 Å². The summed E-state index contributed by atoms with van der Waals surface area (Å²) >= 11 is 1.45. The van der Waals surface area contributed by atoms with Gasteiger partial charge in [0.1, 0.15) is 11.4 Å². The molecule has 0 saturated carbocycles. The van der Waals surface area contributed by atoms with Crippen LogP contribution in [0.2, 0.25) is 0 Å². The van der Waals surface area contributed by atoms with Gasteiger partial charge in [0, 0.05) is 22.9 Å². The highest BCUT2D eigenvalue weighted by Gasteiger charge is 2.24. The molecule has 1 aliphatic heterocycles. The Hall–Kier alpha value is -3.85. The van der Waals surface area contributed by atoms with Crippen molar-refractivity contribution in [3.63, 3.8) is 0 Å². The van der Waals surface area contributed by atoms with Gasteiger partial charge in [0.15, 0.2) is 5.03 Å². The zero-order chi connectivity index (χ0) is 20.3. The maximum Gasteiger partial charge on any atom is 0.251 e. The van der Waals surface area contributed by atoms with Crippen molar-refractivity contribution in [3.8, 4) is 0 Å². The Morgan fingerprint density at radius 3 is 2.67 bits per heavy atom. The van der Waals surface area contributed by atoms with Crippen LogP contribution in [0.5, 0.6) is 0 Å². The number of carbonyl (C=O) groups excluding carboxylic acids is 1. The van der Waals surface area contributed by atoms with Gasteiger partial charge in [-0.2, -0.15) is 10.3 Å². The van der Waals surface area contributed by atoms with Crippen molar-refractivity contribution in [2.45, 2.75) is 16.5 Å². The number of H-pyrrole nitrogens is 1. The lowest BCUT2D eigenvalue weighted by Crippen LogP contribution is -2.23. The van der Waals surface area contributed by atoms with Crippen molar-refractivity contribution in [2.24, 2.45) is 4.99 Å². The van der Waals surface area contributed by atoms with E-state index in [-0.39, 0.29) is 5.91 Å². The predicted octanol–water partition coefficient (Wildman–Crippen LogP) is 3.16. The monoisotopic (exact) mass is 413 g/mol. The molecule has 0 spiro atoms. The first-order chi connectivity index (χ1) is 14.8. The molecule has 0 radical (unpaired) electrons. The second-order valence-corrected chi connectivity index (χ2v) is 7.47. The van der Waals surface area contributed by atoms with E-state index in [2.05, 4.69) is 30.7 Å². The number of nitrogens with one attached hydrogen (secondary N) is 2. The van der Waals surface area contributed by atoms with E-state index in [9.17, 15) is 4.79 Å². The van der Waals surface area contributed by atoms with E-state index in [1.807, 2.05) is 42.5 Å². The number of benzene rings is 1. The fourth-order valence-electron chi connectivity index (χ4n) is 3.01. The Morgan fingerprint density at radius 1 is 1.00 bits per heavy atom. The molecule has 0 unspecified atom stereocenters. The van der Waals surface area contributed by atoms with Gasteiger partial charge >= 0.3 is 0 Å². The maximum absolute atomic E-state index is 12.7. The number of aromatic nitrogens is 5. The molecular weight excluding hydrogens is 398 g/mol. The quantitative estimate of drug-likeness (QED) is 0.468. The molecule has 1 aromatic carbocycles. The van der Waals surface area contributed by atoms with Crippen LogP contribution >= 0.6 is 11.8 Å². The number of pyridine rings is 2. The summed E-state index contributed by atoms with van der Waals surface area (Å²) in [5.74, 6) is -0.191. The van der Waals surface area contributed by atoms with Crippen molar-refractivity contribution < 1.29 is 4.79 Å². The molecule has 9 heteroatoms. The van der Waals surface area contributed by atoms with Gasteiger partial charge in [0.2, 0.25) is 0 Å². The number of amides is 1. The molecule has 1 aliphatic rings. The van der Waals surface area contributed by atoms with Crippen LogP contribution in [0.3, 0.4) is 0 Å². The van der Waals surface area contributed by atoms with Gasteiger partial charge in [-0.15, -0.1) is 5.10 Å². The average molecular weight is 413 g/mol. The SMILES string of the molecule is O=C(NCc1ccccn1)c1ccc2c(c1)N=C(c1ccccn1)c1n[nH]nc1S2. The van der Waals surface area contributed by atoms with E-state index >= 15 is 0 Å². The summed E-state index contributed by atoms with van der Waals surface area (Å²) in [6.45, 7) is 0.354. The molecule has 4 aromatic rings. The third kappa shape index (κ3) is 3.58. The van der Waals surface area contributed by atoms with Gasteiger partial charge in [0.25, 0.3) is 5.91 Å². The fourth-order valence-corrected chi connectivity index (χ4v) is 3.89. The van der Waals surface area contributed by atoms with Crippen LogP contribution in [0.15, 0.2) is 81.9 Å². The maximum atomic E-state index is 12.7. The van der Waals surface area contributed by atoms with Gasteiger partial charge in [-0.3, -0.25) is 14.8 Å². The van der Waals surface area contributed by atoms with Crippen LogP contribution in [-0.2, 0) is 6.54 Å². The van der Waals surface area contributed by atoms with E-state index < -0.39 is 0 Å². The third-order valence-corrected chi connectivity index (χ3v) is 5.51. The second-order valence-electron chi connectivity index (χ2n) is 6.44. The summed E-state index contributed by atoms with van der Waals surface area (Å²) in [6, 6.07) is 16.6. The Bertz CT molecular complexity index is 1240. The first-order valence-corrected chi connectivity index (χ1v) is 10.0. The van der Waals surface area contributed by atoms with Gasteiger partial charge in [-0.05, 0) is 42.5 Å². The Morgan fingerprint density at radius 2 is 1.87 bits per heavy atom. The summed E-state index contributed by atoms with van der Waals surface area (Å²) < 4.78 is 0. The van der Waals surface area contributed by atoms with Gasteiger partial charge < -0.3 is 5.32 Å². The number of carbonyl (C=O) groups is 1. The summed E-state index contributed by atoms with van der Waals surface area (Å²) in [6.07, 6.45) is 3.41. The van der Waals surface area contributed by atoms with Crippen molar-refractivity contribution in [1.29, 1.82) is 0 Å². The number of hydrogen-bond acceptors (Lipinski definition) is 7. The summed E-state index contributed by atoms with van der Waals surface area (Å²) in [4.78, 5) is 27.0. The second kappa shape index (κ2) is 7.88. The van der Waals surface area contributed by atoms with E-state index in [4.69, 9.17) is 4.99 Å². The topological polar surface area (TPSA) is 109 Å². The lowest BCUT2D eigenvalue weighted by atomic mass is 10.1. The third-order valence-electron chi connectivity index (χ3n) is 4.46. The molecule has 4 heterocycles. The number of aromatic amines is 1. The standard InChI is InChI=1S/C21H15N7OS/c29-20(24-12-14-5-1-3-9-22-14)13-7-8-17-16(11-13)25-18(15-6-2-4-10-23-15)19-21(30-17)27-28-26-19/h1-11H,12H2,(H,24,29)(H,26,27,28). The summed E-state index contributed by atoms with van der Waals surface area (Å²) in [5.41, 5.74) is 3.91. The highest BCUT2D eigenvalue weighted by Crippen LogP contribution is 2.39. The average Bonchev–Trinajstić information content (AvgIpc) is 3.19. The molecule has 0 fully saturated rings. The van der Waals surface area contributed by atoms with Gasteiger partial charge in [-0.1, -0.05) is 23.9 Å². The molecule has 1 amide bonds. The predicted molar refractivity (Wildman–Crippen MR) is 112 cm³/mol. The summed E-state index contributed by atoms with van der Waals surface area (Å²) in [5, 5.41) is 14.8.